The van der Waals surface area contributed by atoms with Crippen LogP contribution in [-0.4, -0.2) is 81.8 Å². The standard InChI is InChI=1S/C20H29N7O/c1-15-17(14-25(3)23-15)18-4-7-21-20(22-18)27-8-5-16(6-9-27)19(28)26-12-10-24(2)11-13-26/h4,7,14,16H,5-6,8-13H2,1-3H3. The normalized spacial score (nSPS) is 19.2. The van der Waals surface area contributed by atoms with E-state index in [9.17, 15) is 4.79 Å². The van der Waals surface area contributed by atoms with Gasteiger partial charge in [0, 0.05) is 70.2 Å². The number of amides is 1. The number of aromatic nitrogens is 4. The molecule has 0 spiro atoms. The van der Waals surface area contributed by atoms with Gasteiger partial charge in [-0.3, -0.25) is 9.48 Å². The lowest BCUT2D eigenvalue weighted by Crippen LogP contribution is -2.50. The molecule has 0 aromatic carbocycles. The van der Waals surface area contributed by atoms with Gasteiger partial charge in [0.2, 0.25) is 11.9 Å². The Labute approximate surface area is 166 Å². The molecule has 8 heteroatoms. The van der Waals surface area contributed by atoms with Gasteiger partial charge in [0.05, 0.1) is 11.4 Å². The quantitative estimate of drug-likeness (QED) is 0.793. The van der Waals surface area contributed by atoms with Crippen molar-refractivity contribution in [2.24, 2.45) is 13.0 Å². The zero-order valence-electron chi connectivity index (χ0n) is 17.0. The van der Waals surface area contributed by atoms with Crippen LogP contribution in [0.3, 0.4) is 0 Å². The highest BCUT2D eigenvalue weighted by atomic mass is 16.2. The van der Waals surface area contributed by atoms with Crippen molar-refractivity contribution >= 4 is 11.9 Å². The summed E-state index contributed by atoms with van der Waals surface area (Å²) in [6.07, 6.45) is 5.53. The molecular formula is C20H29N7O. The van der Waals surface area contributed by atoms with Gasteiger partial charge in [-0.2, -0.15) is 5.10 Å². The third-order valence-electron chi connectivity index (χ3n) is 5.87. The molecule has 0 N–H and O–H groups in total. The summed E-state index contributed by atoms with van der Waals surface area (Å²) in [6, 6.07) is 1.93. The lowest BCUT2D eigenvalue weighted by atomic mass is 9.95. The minimum Gasteiger partial charge on any atom is -0.341 e. The van der Waals surface area contributed by atoms with Crippen LogP contribution >= 0.6 is 0 Å². The molecule has 2 saturated heterocycles. The first-order valence-electron chi connectivity index (χ1n) is 10.1. The Morgan fingerprint density at radius 2 is 1.79 bits per heavy atom. The van der Waals surface area contributed by atoms with Crippen LogP contribution < -0.4 is 4.90 Å². The second-order valence-electron chi connectivity index (χ2n) is 7.93. The molecule has 0 bridgehead atoms. The van der Waals surface area contributed by atoms with Gasteiger partial charge in [0.1, 0.15) is 0 Å². The first-order valence-corrected chi connectivity index (χ1v) is 10.1. The van der Waals surface area contributed by atoms with E-state index in [-0.39, 0.29) is 5.92 Å². The van der Waals surface area contributed by atoms with Crippen LogP contribution in [0.4, 0.5) is 5.95 Å². The van der Waals surface area contributed by atoms with E-state index in [0.29, 0.717) is 5.91 Å². The summed E-state index contributed by atoms with van der Waals surface area (Å²) in [5.41, 5.74) is 2.89. The largest absolute Gasteiger partial charge is 0.341 e. The van der Waals surface area contributed by atoms with Crippen molar-refractivity contribution in [2.75, 3.05) is 51.2 Å². The number of piperazine rings is 1. The summed E-state index contributed by atoms with van der Waals surface area (Å²) >= 11 is 0. The molecule has 28 heavy (non-hydrogen) atoms. The van der Waals surface area contributed by atoms with Crippen LogP contribution in [0.25, 0.3) is 11.3 Å². The molecule has 4 rings (SSSR count). The molecule has 0 unspecified atom stereocenters. The highest BCUT2D eigenvalue weighted by molar-refractivity contribution is 5.79. The van der Waals surface area contributed by atoms with Crippen LogP contribution in [0.15, 0.2) is 18.5 Å². The monoisotopic (exact) mass is 383 g/mol. The zero-order chi connectivity index (χ0) is 19.7. The first-order chi connectivity index (χ1) is 13.5. The maximum atomic E-state index is 12.8. The number of rotatable bonds is 3. The minimum atomic E-state index is 0.128. The van der Waals surface area contributed by atoms with E-state index in [0.717, 1.165) is 75.0 Å². The third kappa shape index (κ3) is 3.87. The number of nitrogens with zero attached hydrogens (tertiary/aromatic N) is 7. The molecule has 1 amide bonds. The molecule has 0 atom stereocenters. The lowest BCUT2D eigenvalue weighted by Gasteiger charge is -2.37. The van der Waals surface area contributed by atoms with Gasteiger partial charge >= 0.3 is 0 Å². The highest BCUT2D eigenvalue weighted by Crippen LogP contribution is 2.25. The Bertz CT molecular complexity index is 833. The lowest BCUT2D eigenvalue weighted by molar-refractivity contribution is -0.137. The summed E-state index contributed by atoms with van der Waals surface area (Å²) < 4.78 is 1.81. The Balaban J connectivity index is 1.39. The van der Waals surface area contributed by atoms with Crippen molar-refractivity contribution < 1.29 is 4.79 Å². The van der Waals surface area contributed by atoms with E-state index in [1.165, 1.54) is 0 Å². The molecule has 2 aromatic heterocycles. The van der Waals surface area contributed by atoms with E-state index in [1.54, 1.807) is 0 Å². The summed E-state index contributed by atoms with van der Waals surface area (Å²) in [6.45, 7) is 7.28. The molecule has 150 valence electrons. The Hall–Kier alpha value is -2.48. The number of aryl methyl sites for hydroxylation is 2. The van der Waals surface area contributed by atoms with Crippen molar-refractivity contribution in [2.45, 2.75) is 19.8 Å². The number of carbonyl (C=O) groups is 1. The van der Waals surface area contributed by atoms with Crippen molar-refractivity contribution in [1.82, 2.24) is 29.5 Å². The van der Waals surface area contributed by atoms with Crippen molar-refractivity contribution in [1.29, 1.82) is 0 Å². The molecule has 2 fully saturated rings. The van der Waals surface area contributed by atoms with Crippen molar-refractivity contribution in [3.05, 3.63) is 24.2 Å². The van der Waals surface area contributed by atoms with Gasteiger partial charge in [-0.1, -0.05) is 0 Å². The first kappa shape index (κ1) is 18.9. The van der Waals surface area contributed by atoms with Crippen LogP contribution in [0.5, 0.6) is 0 Å². The summed E-state index contributed by atoms with van der Waals surface area (Å²) in [5, 5.41) is 4.41. The Morgan fingerprint density at radius 3 is 2.43 bits per heavy atom. The van der Waals surface area contributed by atoms with Crippen molar-refractivity contribution in [3.8, 4) is 11.3 Å². The topological polar surface area (TPSA) is 70.4 Å². The molecule has 2 aliphatic rings. The smallest absolute Gasteiger partial charge is 0.225 e. The van der Waals surface area contributed by atoms with E-state index in [1.807, 2.05) is 42.0 Å². The van der Waals surface area contributed by atoms with Gasteiger partial charge in [0.15, 0.2) is 0 Å². The summed E-state index contributed by atoms with van der Waals surface area (Å²) in [7, 11) is 4.03. The second kappa shape index (κ2) is 7.87. The van der Waals surface area contributed by atoms with E-state index in [4.69, 9.17) is 4.98 Å². The molecular weight excluding hydrogens is 354 g/mol. The number of likely N-dealkylation sites (N-methyl/N-ethyl adjacent to an activating group) is 1. The molecule has 0 radical (unpaired) electrons. The fourth-order valence-electron chi connectivity index (χ4n) is 4.11. The number of piperidine rings is 1. The fraction of sp³-hybridized carbons (Fsp3) is 0.600. The molecule has 0 saturated carbocycles. The highest BCUT2D eigenvalue weighted by Gasteiger charge is 2.30. The Kier molecular flexibility index (Phi) is 5.30. The van der Waals surface area contributed by atoms with Crippen molar-refractivity contribution in [3.63, 3.8) is 0 Å². The SMILES string of the molecule is Cc1nn(C)cc1-c1ccnc(N2CCC(C(=O)N3CCN(C)CC3)CC2)n1. The second-order valence-corrected chi connectivity index (χ2v) is 7.93. The maximum absolute atomic E-state index is 12.8. The number of anilines is 1. The minimum absolute atomic E-state index is 0.128. The average Bonchev–Trinajstić information content (AvgIpc) is 3.06. The average molecular weight is 384 g/mol. The number of carbonyl (C=O) groups excluding carboxylic acids is 1. The van der Waals surface area contributed by atoms with Gasteiger partial charge in [-0.25, -0.2) is 9.97 Å². The summed E-state index contributed by atoms with van der Waals surface area (Å²) in [4.78, 5) is 28.6. The van der Waals surface area contributed by atoms with Crippen LogP contribution in [0, 0.1) is 12.8 Å². The van der Waals surface area contributed by atoms with Crippen LogP contribution in [0.1, 0.15) is 18.5 Å². The van der Waals surface area contributed by atoms with E-state index < -0.39 is 0 Å². The molecule has 2 aromatic rings. The van der Waals surface area contributed by atoms with Gasteiger partial charge in [-0.05, 0) is 32.9 Å². The van der Waals surface area contributed by atoms with Crippen LogP contribution in [-0.2, 0) is 11.8 Å². The number of hydrogen-bond acceptors (Lipinski definition) is 6. The maximum Gasteiger partial charge on any atom is 0.225 e. The molecule has 8 nitrogen and oxygen atoms in total. The predicted molar refractivity (Wildman–Crippen MR) is 108 cm³/mol. The van der Waals surface area contributed by atoms with Gasteiger partial charge < -0.3 is 14.7 Å². The number of hydrogen-bond donors (Lipinski definition) is 0. The Morgan fingerprint density at radius 1 is 1.07 bits per heavy atom. The van der Waals surface area contributed by atoms with Gasteiger partial charge in [0.25, 0.3) is 0 Å². The fourth-order valence-corrected chi connectivity index (χ4v) is 4.11. The summed E-state index contributed by atoms with van der Waals surface area (Å²) in [5.74, 6) is 1.20. The van der Waals surface area contributed by atoms with E-state index >= 15 is 0 Å². The molecule has 2 aliphatic heterocycles. The third-order valence-corrected chi connectivity index (χ3v) is 5.87. The van der Waals surface area contributed by atoms with Gasteiger partial charge in [-0.15, -0.1) is 0 Å². The molecule has 4 heterocycles. The predicted octanol–water partition coefficient (Wildman–Crippen LogP) is 1.18. The zero-order valence-corrected chi connectivity index (χ0v) is 17.0. The molecule has 0 aliphatic carbocycles. The van der Waals surface area contributed by atoms with Crippen LogP contribution in [0.2, 0.25) is 0 Å². The van der Waals surface area contributed by atoms with E-state index in [2.05, 4.69) is 26.9 Å².